The lowest BCUT2D eigenvalue weighted by atomic mass is 10.0. The maximum Gasteiger partial charge on any atom is 0.244 e. The van der Waals surface area contributed by atoms with Crippen LogP contribution in [0.2, 0.25) is 0 Å². The van der Waals surface area contributed by atoms with Crippen LogP contribution in [-0.2, 0) is 11.3 Å². The summed E-state index contributed by atoms with van der Waals surface area (Å²) in [6, 6.07) is 19.0. The summed E-state index contributed by atoms with van der Waals surface area (Å²) in [5.74, 6) is 0.351. The maximum atomic E-state index is 13.2. The molecule has 4 aromatic rings. The van der Waals surface area contributed by atoms with E-state index in [1.54, 1.807) is 59.2 Å². The Labute approximate surface area is 196 Å². The Hall–Kier alpha value is -4.39. The lowest BCUT2D eigenvalue weighted by molar-refractivity contribution is -0.116. The summed E-state index contributed by atoms with van der Waals surface area (Å²) >= 11 is 0. The molecule has 0 bridgehead atoms. The van der Waals surface area contributed by atoms with Gasteiger partial charge in [0.05, 0.1) is 25.3 Å². The van der Waals surface area contributed by atoms with E-state index in [1.165, 1.54) is 20.4 Å². The topological polar surface area (TPSA) is 86.6 Å². The number of para-hydroxylation sites is 1. The van der Waals surface area contributed by atoms with E-state index in [1.807, 2.05) is 19.1 Å². The van der Waals surface area contributed by atoms with Gasteiger partial charge < -0.3 is 19.4 Å². The van der Waals surface area contributed by atoms with E-state index >= 15 is 0 Å². The predicted molar refractivity (Wildman–Crippen MR) is 131 cm³/mol. The van der Waals surface area contributed by atoms with Crippen molar-refractivity contribution in [1.29, 1.82) is 0 Å². The standard InChI is InChI=1S/C27H24N2O5/c1-17-8-10-18(11-9-17)26(31)23-15-29(24-7-5-4-6-22(24)27(23)32)16-25(30)28-19-12-20(33-2)14-21(13-19)34-3/h4-15H,16H2,1-3H3,(H,28,30). The van der Waals surface area contributed by atoms with Gasteiger partial charge in [-0.05, 0) is 19.1 Å². The number of hydrogen-bond donors (Lipinski definition) is 1. The SMILES string of the molecule is COc1cc(NC(=O)Cn2cc(C(=O)c3ccc(C)cc3)c(=O)c3ccccc32)cc(OC)c1. The first kappa shape index (κ1) is 22.8. The first-order valence-electron chi connectivity index (χ1n) is 10.7. The molecule has 0 saturated carbocycles. The van der Waals surface area contributed by atoms with Gasteiger partial charge in [-0.25, -0.2) is 0 Å². The van der Waals surface area contributed by atoms with Crippen molar-refractivity contribution in [3.05, 3.63) is 99.8 Å². The van der Waals surface area contributed by atoms with Gasteiger partial charge in [-0.2, -0.15) is 0 Å². The number of ketones is 1. The predicted octanol–water partition coefficient (Wildman–Crippen LogP) is 4.20. The van der Waals surface area contributed by atoms with Crippen molar-refractivity contribution in [1.82, 2.24) is 4.57 Å². The van der Waals surface area contributed by atoms with Gasteiger partial charge in [0.2, 0.25) is 11.3 Å². The number of fused-ring (bicyclic) bond motifs is 1. The van der Waals surface area contributed by atoms with Crippen LogP contribution in [0, 0.1) is 6.92 Å². The van der Waals surface area contributed by atoms with Crippen LogP contribution in [0.4, 0.5) is 5.69 Å². The number of pyridine rings is 1. The van der Waals surface area contributed by atoms with Crippen LogP contribution < -0.4 is 20.2 Å². The summed E-state index contributed by atoms with van der Waals surface area (Å²) in [5, 5.41) is 3.19. The van der Waals surface area contributed by atoms with Gasteiger partial charge in [-0.15, -0.1) is 0 Å². The number of hydrogen-bond acceptors (Lipinski definition) is 5. The molecule has 0 aliphatic rings. The van der Waals surface area contributed by atoms with E-state index in [4.69, 9.17) is 9.47 Å². The van der Waals surface area contributed by atoms with Crippen molar-refractivity contribution in [3.8, 4) is 11.5 Å². The highest BCUT2D eigenvalue weighted by Crippen LogP contribution is 2.26. The molecule has 1 amide bonds. The van der Waals surface area contributed by atoms with Gasteiger partial charge in [-0.1, -0.05) is 42.0 Å². The van der Waals surface area contributed by atoms with Crippen molar-refractivity contribution in [2.45, 2.75) is 13.5 Å². The lowest BCUT2D eigenvalue weighted by Gasteiger charge is -2.14. The highest BCUT2D eigenvalue weighted by molar-refractivity contribution is 6.10. The second-order valence-electron chi connectivity index (χ2n) is 7.86. The third-order valence-electron chi connectivity index (χ3n) is 5.50. The molecule has 0 saturated heterocycles. The molecule has 0 atom stereocenters. The van der Waals surface area contributed by atoms with E-state index in [-0.39, 0.29) is 29.2 Å². The molecule has 1 aromatic heterocycles. The monoisotopic (exact) mass is 456 g/mol. The molecule has 1 heterocycles. The molecule has 172 valence electrons. The van der Waals surface area contributed by atoms with Gasteiger partial charge in [0, 0.05) is 41.0 Å². The number of anilines is 1. The highest BCUT2D eigenvalue weighted by atomic mass is 16.5. The van der Waals surface area contributed by atoms with Crippen LogP contribution in [-0.4, -0.2) is 30.5 Å². The Kier molecular flexibility index (Phi) is 6.45. The van der Waals surface area contributed by atoms with Crippen LogP contribution in [0.5, 0.6) is 11.5 Å². The smallest absolute Gasteiger partial charge is 0.244 e. The molecule has 0 aliphatic carbocycles. The molecular formula is C27H24N2O5. The number of methoxy groups -OCH3 is 2. The molecular weight excluding hydrogens is 432 g/mol. The fourth-order valence-corrected chi connectivity index (χ4v) is 3.73. The second-order valence-corrected chi connectivity index (χ2v) is 7.86. The number of rotatable bonds is 7. The number of carbonyl (C=O) groups is 2. The van der Waals surface area contributed by atoms with Crippen LogP contribution in [0.25, 0.3) is 10.9 Å². The first-order chi connectivity index (χ1) is 16.4. The van der Waals surface area contributed by atoms with E-state index in [0.29, 0.717) is 33.7 Å². The van der Waals surface area contributed by atoms with Crippen molar-refractivity contribution in [2.75, 3.05) is 19.5 Å². The number of aryl methyl sites for hydroxylation is 1. The Morgan fingerprint density at radius 3 is 2.21 bits per heavy atom. The van der Waals surface area contributed by atoms with Crippen LogP contribution in [0.1, 0.15) is 21.5 Å². The largest absolute Gasteiger partial charge is 0.497 e. The molecule has 0 radical (unpaired) electrons. The van der Waals surface area contributed by atoms with Crippen molar-refractivity contribution >= 4 is 28.3 Å². The molecule has 1 N–H and O–H groups in total. The van der Waals surface area contributed by atoms with Gasteiger partial charge >= 0.3 is 0 Å². The third-order valence-corrected chi connectivity index (χ3v) is 5.50. The zero-order valence-corrected chi connectivity index (χ0v) is 19.1. The fraction of sp³-hybridized carbons (Fsp3) is 0.148. The van der Waals surface area contributed by atoms with E-state index in [0.717, 1.165) is 5.56 Å². The zero-order valence-electron chi connectivity index (χ0n) is 19.1. The first-order valence-corrected chi connectivity index (χ1v) is 10.7. The Morgan fingerprint density at radius 1 is 0.912 bits per heavy atom. The number of ether oxygens (including phenoxy) is 2. The average molecular weight is 456 g/mol. The molecule has 7 nitrogen and oxygen atoms in total. The summed E-state index contributed by atoms with van der Waals surface area (Å²) in [4.78, 5) is 39.2. The van der Waals surface area contributed by atoms with Crippen molar-refractivity contribution in [3.63, 3.8) is 0 Å². The summed E-state index contributed by atoms with van der Waals surface area (Å²) in [6.07, 6.45) is 1.46. The molecule has 0 aliphatic heterocycles. The van der Waals surface area contributed by atoms with Crippen LogP contribution >= 0.6 is 0 Å². The van der Waals surface area contributed by atoms with E-state index in [9.17, 15) is 14.4 Å². The molecule has 4 rings (SSSR count). The lowest BCUT2D eigenvalue weighted by Crippen LogP contribution is -2.24. The summed E-state index contributed by atoms with van der Waals surface area (Å²) < 4.78 is 12.1. The Morgan fingerprint density at radius 2 is 1.56 bits per heavy atom. The molecule has 0 unspecified atom stereocenters. The minimum Gasteiger partial charge on any atom is -0.497 e. The van der Waals surface area contributed by atoms with Gasteiger partial charge in [0.15, 0.2) is 5.78 Å². The fourth-order valence-electron chi connectivity index (χ4n) is 3.73. The maximum absolute atomic E-state index is 13.2. The summed E-state index contributed by atoms with van der Waals surface area (Å²) in [6.45, 7) is 1.82. The van der Waals surface area contributed by atoms with Crippen LogP contribution in [0.15, 0.2) is 77.7 Å². The minimum absolute atomic E-state index is 0.0124. The van der Waals surface area contributed by atoms with Gasteiger partial charge in [0.25, 0.3) is 0 Å². The second kappa shape index (κ2) is 9.62. The number of amides is 1. The molecule has 34 heavy (non-hydrogen) atoms. The van der Waals surface area contributed by atoms with Crippen molar-refractivity contribution in [2.24, 2.45) is 0 Å². The molecule has 3 aromatic carbocycles. The quantitative estimate of drug-likeness (QED) is 0.421. The third kappa shape index (κ3) is 4.68. The number of nitrogens with zero attached hydrogens (tertiary/aromatic N) is 1. The number of nitrogens with one attached hydrogen (secondary N) is 1. The zero-order chi connectivity index (χ0) is 24.2. The molecule has 0 fully saturated rings. The number of carbonyl (C=O) groups excluding carboxylic acids is 2. The number of benzene rings is 3. The average Bonchev–Trinajstić information content (AvgIpc) is 2.85. The normalized spacial score (nSPS) is 10.7. The van der Waals surface area contributed by atoms with Crippen molar-refractivity contribution < 1.29 is 19.1 Å². The minimum atomic E-state index is -0.387. The molecule has 7 heteroatoms. The van der Waals surface area contributed by atoms with E-state index in [2.05, 4.69) is 5.32 Å². The molecule has 0 spiro atoms. The van der Waals surface area contributed by atoms with Gasteiger partial charge in [0.1, 0.15) is 18.0 Å². The van der Waals surface area contributed by atoms with Gasteiger partial charge in [-0.3, -0.25) is 14.4 Å². The highest BCUT2D eigenvalue weighted by Gasteiger charge is 2.18. The van der Waals surface area contributed by atoms with Crippen LogP contribution in [0.3, 0.4) is 0 Å². The Balaban J connectivity index is 1.70. The number of aromatic nitrogens is 1. The summed E-state index contributed by atoms with van der Waals surface area (Å²) in [7, 11) is 3.05. The van der Waals surface area contributed by atoms with E-state index < -0.39 is 0 Å². The summed E-state index contributed by atoms with van der Waals surface area (Å²) in [5.41, 5.74) is 2.14. The Bertz CT molecular complexity index is 1420.